The SMILES string of the molecule is Cc1cc(C[C@@H](OC(=O)N2CCC(N3CCc4ccccc4NC3=O)CC2)C(=O)N2CCC(N3CCC(C(=O)OCCN4CCCC4=O)CC3)CC2)cc2oc(=O)n(C)c12. The molecule has 2 aromatic carbocycles. The van der Waals surface area contributed by atoms with Crippen LogP contribution >= 0.6 is 0 Å². The number of hydrogen-bond acceptors (Lipinski definition) is 10. The van der Waals surface area contributed by atoms with Crippen LogP contribution in [0.5, 0.6) is 0 Å². The van der Waals surface area contributed by atoms with Crippen LogP contribution in [0, 0.1) is 12.8 Å². The summed E-state index contributed by atoms with van der Waals surface area (Å²) in [6, 6.07) is 11.6. The van der Waals surface area contributed by atoms with Crippen molar-refractivity contribution >= 4 is 46.7 Å². The number of piperidine rings is 3. The number of likely N-dealkylation sites (tertiary alicyclic amines) is 4. The molecule has 4 fully saturated rings. The first-order valence-corrected chi connectivity index (χ1v) is 21.7. The standard InChI is InChI=1S/C44H57N7O9/c1-29-26-30(27-36-39(29)46(2)43(56)59-36)28-37(60-44(57)50-21-14-34(15-22-50)51-23-11-31-6-3-4-7-35(31)45-42(51)55)40(53)49-19-12-33(13-20-49)47-17-9-32(10-18-47)41(54)58-25-24-48-16-5-8-38(48)52/h3-4,6-7,26-27,32-34,37H,5,8-25,28H2,1-2H3,(H,45,55)/t37-/m1/s1. The van der Waals surface area contributed by atoms with Gasteiger partial charge >= 0.3 is 23.8 Å². The molecule has 1 aromatic heterocycles. The molecular formula is C44H57N7O9. The van der Waals surface area contributed by atoms with Gasteiger partial charge in [0.05, 0.1) is 18.0 Å². The Morgan fingerprint density at radius 1 is 0.850 bits per heavy atom. The molecule has 0 unspecified atom stereocenters. The van der Waals surface area contributed by atoms with Crippen LogP contribution in [-0.4, -0.2) is 143 Å². The summed E-state index contributed by atoms with van der Waals surface area (Å²) in [6.45, 7) is 7.23. The predicted octanol–water partition coefficient (Wildman–Crippen LogP) is 3.91. The molecule has 6 heterocycles. The van der Waals surface area contributed by atoms with Crippen molar-refractivity contribution in [1.82, 2.24) is 29.1 Å². The van der Waals surface area contributed by atoms with Crippen LogP contribution in [0.4, 0.5) is 15.3 Å². The van der Waals surface area contributed by atoms with Crippen molar-refractivity contribution in [3.05, 3.63) is 63.6 Å². The molecular weight excluding hydrogens is 771 g/mol. The van der Waals surface area contributed by atoms with E-state index < -0.39 is 18.0 Å². The highest BCUT2D eigenvalue weighted by atomic mass is 16.6. The number of aromatic nitrogens is 1. The van der Waals surface area contributed by atoms with E-state index >= 15 is 0 Å². The first-order valence-electron chi connectivity index (χ1n) is 21.7. The second-order valence-electron chi connectivity index (χ2n) is 17.0. The number of urea groups is 1. The fourth-order valence-electron chi connectivity index (χ4n) is 9.86. The van der Waals surface area contributed by atoms with Gasteiger partial charge in [0.25, 0.3) is 5.91 Å². The first kappa shape index (κ1) is 41.4. The van der Waals surface area contributed by atoms with Crippen LogP contribution in [0.2, 0.25) is 0 Å². The van der Waals surface area contributed by atoms with Gasteiger partial charge in [-0.15, -0.1) is 0 Å². The molecule has 0 bridgehead atoms. The predicted molar refractivity (Wildman–Crippen MR) is 221 cm³/mol. The Hall–Kier alpha value is -5.38. The minimum atomic E-state index is -1.10. The lowest BCUT2D eigenvalue weighted by molar-refractivity contribution is -0.152. The van der Waals surface area contributed by atoms with E-state index in [2.05, 4.69) is 10.2 Å². The van der Waals surface area contributed by atoms with Gasteiger partial charge in [-0.2, -0.15) is 0 Å². The van der Waals surface area contributed by atoms with Gasteiger partial charge in [-0.1, -0.05) is 24.3 Å². The molecule has 1 N–H and O–H groups in total. The third-order valence-corrected chi connectivity index (χ3v) is 13.3. The van der Waals surface area contributed by atoms with Crippen LogP contribution < -0.4 is 11.1 Å². The fraction of sp³-hybridized carbons (Fsp3) is 0.591. The van der Waals surface area contributed by atoms with Crippen molar-refractivity contribution in [3.63, 3.8) is 0 Å². The highest BCUT2D eigenvalue weighted by molar-refractivity contribution is 5.91. The summed E-state index contributed by atoms with van der Waals surface area (Å²) in [5.74, 6) is -0.959. The minimum Gasteiger partial charge on any atom is -0.464 e. The number of anilines is 1. The first-order chi connectivity index (χ1) is 29.0. The molecule has 322 valence electrons. The summed E-state index contributed by atoms with van der Waals surface area (Å²) in [5.41, 5.74) is 4.54. The zero-order valence-electron chi connectivity index (χ0n) is 34.8. The number of esters is 1. The van der Waals surface area contributed by atoms with Gasteiger partial charge in [-0.05, 0) is 100 Å². The molecule has 5 amide bonds. The monoisotopic (exact) mass is 827 g/mol. The number of aryl methyl sites for hydroxylation is 2. The smallest absolute Gasteiger partial charge is 0.419 e. The number of carbonyl (C=O) groups is 5. The Morgan fingerprint density at radius 3 is 2.30 bits per heavy atom. The maximum Gasteiger partial charge on any atom is 0.419 e. The second-order valence-corrected chi connectivity index (χ2v) is 17.0. The van der Waals surface area contributed by atoms with Crippen molar-refractivity contribution in [2.45, 2.75) is 89.3 Å². The summed E-state index contributed by atoms with van der Waals surface area (Å²) in [6.07, 6.45) is 4.74. The average molecular weight is 828 g/mol. The molecule has 0 saturated carbocycles. The van der Waals surface area contributed by atoms with Crippen molar-refractivity contribution in [3.8, 4) is 0 Å². The maximum atomic E-state index is 14.4. The van der Waals surface area contributed by atoms with Gasteiger partial charge < -0.3 is 43.7 Å². The Morgan fingerprint density at radius 2 is 1.57 bits per heavy atom. The molecule has 5 aliphatic heterocycles. The van der Waals surface area contributed by atoms with Crippen LogP contribution in [0.25, 0.3) is 11.1 Å². The maximum absolute atomic E-state index is 14.4. The molecule has 60 heavy (non-hydrogen) atoms. The van der Waals surface area contributed by atoms with E-state index in [4.69, 9.17) is 13.9 Å². The van der Waals surface area contributed by atoms with E-state index in [-0.39, 0.29) is 54.8 Å². The highest BCUT2D eigenvalue weighted by Crippen LogP contribution is 2.28. The Labute approximate surface area is 349 Å². The molecule has 16 heteroatoms. The lowest BCUT2D eigenvalue weighted by Crippen LogP contribution is -2.53. The lowest BCUT2D eigenvalue weighted by atomic mass is 9.93. The molecule has 0 radical (unpaired) electrons. The highest BCUT2D eigenvalue weighted by Gasteiger charge is 2.37. The third-order valence-electron chi connectivity index (χ3n) is 13.3. The number of amides is 5. The largest absolute Gasteiger partial charge is 0.464 e. The van der Waals surface area contributed by atoms with Crippen molar-refractivity contribution < 1.29 is 37.9 Å². The number of nitrogens with zero attached hydrogens (tertiary/aromatic N) is 6. The van der Waals surface area contributed by atoms with Crippen LogP contribution in [0.15, 0.2) is 45.6 Å². The second kappa shape index (κ2) is 18.1. The van der Waals surface area contributed by atoms with Gasteiger partial charge in [-0.25, -0.2) is 14.4 Å². The zero-order chi connectivity index (χ0) is 41.9. The van der Waals surface area contributed by atoms with E-state index in [1.54, 1.807) is 27.8 Å². The van der Waals surface area contributed by atoms with Crippen LogP contribution in [-0.2, 0) is 43.7 Å². The molecule has 4 saturated heterocycles. The molecule has 5 aliphatic rings. The summed E-state index contributed by atoms with van der Waals surface area (Å²) >= 11 is 0. The van der Waals surface area contributed by atoms with Crippen molar-refractivity contribution in [2.75, 3.05) is 70.8 Å². The Balaban J connectivity index is 0.866. The summed E-state index contributed by atoms with van der Waals surface area (Å²) in [7, 11) is 1.65. The number of hydrogen-bond donors (Lipinski definition) is 1. The van der Waals surface area contributed by atoms with Gasteiger partial charge in [0.2, 0.25) is 5.91 Å². The number of fused-ring (bicyclic) bond motifs is 2. The number of para-hydroxylation sites is 1. The van der Waals surface area contributed by atoms with Gasteiger partial charge in [0, 0.05) is 76.9 Å². The summed E-state index contributed by atoms with van der Waals surface area (Å²) < 4.78 is 18.6. The Bertz CT molecular complexity index is 2140. The lowest BCUT2D eigenvalue weighted by Gasteiger charge is -2.42. The number of nitrogens with one attached hydrogen (secondary N) is 1. The molecule has 16 nitrogen and oxygen atoms in total. The summed E-state index contributed by atoms with van der Waals surface area (Å²) in [4.78, 5) is 87.9. The summed E-state index contributed by atoms with van der Waals surface area (Å²) in [5, 5.41) is 3.04. The van der Waals surface area contributed by atoms with Gasteiger partial charge in [0.1, 0.15) is 6.61 Å². The zero-order valence-corrected chi connectivity index (χ0v) is 34.8. The van der Waals surface area contributed by atoms with E-state index in [0.717, 1.165) is 62.1 Å². The third kappa shape index (κ3) is 9.03. The molecule has 3 aromatic rings. The molecule has 0 spiro atoms. The van der Waals surface area contributed by atoms with Crippen molar-refractivity contribution in [2.24, 2.45) is 13.0 Å². The molecule has 1 atom stereocenters. The van der Waals surface area contributed by atoms with E-state index in [1.807, 2.05) is 42.2 Å². The molecule has 8 rings (SSSR count). The number of benzene rings is 2. The van der Waals surface area contributed by atoms with E-state index in [9.17, 15) is 28.8 Å². The average Bonchev–Trinajstić information content (AvgIpc) is 3.74. The number of ether oxygens (including phenoxy) is 2. The molecule has 0 aliphatic carbocycles. The normalized spacial score (nSPS) is 20.6. The number of rotatable bonds is 10. The van der Waals surface area contributed by atoms with Gasteiger partial charge in [-0.3, -0.25) is 19.0 Å². The number of oxazole rings is 1. The van der Waals surface area contributed by atoms with E-state index in [0.29, 0.717) is 88.0 Å². The van der Waals surface area contributed by atoms with Crippen molar-refractivity contribution in [1.29, 1.82) is 0 Å². The quantitative estimate of drug-likeness (QED) is 0.296. The fourth-order valence-corrected chi connectivity index (χ4v) is 9.86. The Kier molecular flexibility index (Phi) is 12.5. The topological polar surface area (TPSA) is 167 Å². The number of carbonyl (C=O) groups excluding carboxylic acids is 5. The minimum absolute atomic E-state index is 0.0328. The van der Waals surface area contributed by atoms with Gasteiger partial charge in [0.15, 0.2) is 11.7 Å². The van der Waals surface area contributed by atoms with Crippen LogP contribution in [0.3, 0.4) is 0 Å². The van der Waals surface area contributed by atoms with Crippen LogP contribution in [0.1, 0.15) is 68.1 Å². The van der Waals surface area contributed by atoms with E-state index in [1.165, 1.54) is 4.57 Å².